The van der Waals surface area contributed by atoms with E-state index in [4.69, 9.17) is 0 Å². The fourth-order valence-corrected chi connectivity index (χ4v) is 8.60. The van der Waals surface area contributed by atoms with Gasteiger partial charge in [-0.15, -0.1) is 23.5 Å². The second-order valence-electron chi connectivity index (χ2n) is 12.0. The van der Waals surface area contributed by atoms with Gasteiger partial charge in [0.1, 0.15) is 11.5 Å². The van der Waals surface area contributed by atoms with Crippen molar-refractivity contribution < 1.29 is 10.2 Å². The van der Waals surface area contributed by atoms with Gasteiger partial charge >= 0.3 is 0 Å². The smallest absolute Gasteiger partial charge is 0.127 e. The first-order chi connectivity index (χ1) is 22.3. The Balaban J connectivity index is 1.14. The van der Waals surface area contributed by atoms with E-state index < -0.39 is 0 Å². The Hall–Kier alpha value is -4.52. The fourth-order valence-electron chi connectivity index (χ4n) is 6.41. The van der Waals surface area contributed by atoms with Crippen molar-refractivity contribution in [1.82, 2.24) is 9.13 Å². The van der Waals surface area contributed by atoms with Crippen molar-refractivity contribution in [2.24, 2.45) is 14.1 Å². The van der Waals surface area contributed by atoms with E-state index in [1.807, 2.05) is 14.1 Å². The summed E-state index contributed by atoms with van der Waals surface area (Å²) in [6.45, 7) is 4.18. The summed E-state index contributed by atoms with van der Waals surface area (Å²) in [5, 5.41) is 25.3. The van der Waals surface area contributed by atoms with Crippen LogP contribution < -0.4 is 0 Å². The first kappa shape index (κ1) is 30.2. The molecule has 2 aromatic heterocycles. The van der Waals surface area contributed by atoms with Gasteiger partial charge in [-0.3, -0.25) is 0 Å². The minimum Gasteiger partial charge on any atom is -0.507 e. The van der Waals surface area contributed by atoms with Gasteiger partial charge < -0.3 is 19.3 Å². The van der Waals surface area contributed by atoms with Crippen LogP contribution in [0.4, 0.5) is 0 Å². The van der Waals surface area contributed by atoms with Gasteiger partial charge in [-0.2, -0.15) is 0 Å². The van der Waals surface area contributed by atoms with Crippen LogP contribution in [0, 0.1) is 13.8 Å². The number of fused-ring (bicyclic) bond motifs is 2. The first-order valence-electron chi connectivity index (χ1n) is 15.4. The summed E-state index contributed by atoms with van der Waals surface area (Å²) in [5.74, 6) is 1.96. The topological polar surface area (TPSA) is 50.3 Å². The largest absolute Gasteiger partial charge is 0.507 e. The van der Waals surface area contributed by atoms with E-state index in [0.29, 0.717) is 23.0 Å². The lowest BCUT2D eigenvalue weighted by Crippen LogP contribution is -1.92. The van der Waals surface area contributed by atoms with Crippen molar-refractivity contribution in [2.75, 3.05) is 0 Å². The van der Waals surface area contributed by atoms with E-state index in [9.17, 15) is 10.2 Å². The minimum absolute atomic E-state index is 0.338. The fraction of sp³-hybridized carbons (Fsp3) is 0.150. The summed E-state index contributed by atoms with van der Waals surface area (Å²) in [4.78, 5) is 2.31. The molecule has 7 aromatic rings. The molecule has 2 N–H and O–H groups in total. The van der Waals surface area contributed by atoms with Gasteiger partial charge in [0.15, 0.2) is 0 Å². The molecule has 0 saturated carbocycles. The molecule has 0 saturated heterocycles. The number of nitrogens with zero attached hydrogens (tertiary/aromatic N) is 2. The third kappa shape index (κ3) is 5.57. The van der Waals surface area contributed by atoms with E-state index in [1.165, 1.54) is 0 Å². The molecular formula is C40H36N2O2S2. The third-order valence-corrected chi connectivity index (χ3v) is 11.1. The monoisotopic (exact) mass is 640 g/mol. The number of rotatable bonds is 8. The molecule has 230 valence electrons. The number of aromatic nitrogens is 2. The van der Waals surface area contributed by atoms with Crippen molar-refractivity contribution in [3.8, 4) is 33.8 Å². The van der Waals surface area contributed by atoms with E-state index >= 15 is 0 Å². The van der Waals surface area contributed by atoms with E-state index in [1.54, 1.807) is 23.5 Å². The summed E-state index contributed by atoms with van der Waals surface area (Å²) in [6.07, 6.45) is 4.13. The number of aryl methyl sites for hydroxylation is 4. The van der Waals surface area contributed by atoms with Gasteiger partial charge in [0, 0.05) is 91.8 Å². The first-order valence-corrected chi connectivity index (χ1v) is 17.3. The van der Waals surface area contributed by atoms with Crippen molar-refractivity contribution in [3.63, 3.8) is 0 Å². The molecule has 0 aliphatic heterocycles. The van der Waals surface area contributed by atoms with Crippen molar-refractivity contribution in [3.05, 3.63) is 132 Å². The van der Waals surface area contributed by atoms with Gasteiger partial charge in [-0.1, -0.05) is 48.5 Å². The number of hydrogen-bond acceptors (Lipinski definition) is 4. The maximum absolute atomic E-state index is 11.5. The SMILES string of the molecule is Cc1cc(CSc2ccccc2SCc2cc(C)cc(-c3cccc4c3ccn4C)c2O)c(O)c(-c2cccc3c2ccn3C)c1. The number of phenols is 2. The molecule has 0 amide bonds. The predicted molar refractivity (Wildman–Crippen MR) is 195 cm³/mol. The normalized spacial score (nSPS) is 11.6. The third-order valence-electron chi connectivity index (χ3n) is 8.72. The van der Waals surface area contributed by atoms with Crippen LogP contribution in [0.15, 0.2) is 119 Å². The Morgan fingerprint density at radius 3 is 1.39 bits per heavy atom. The maximum atomic E-state index is 11.5. The van der Waals surface area contributed by atoms with Gasteiger partial charge in [-0.25, -0.2) is 0 Å². The summed E-state index contributed by atoms with van der Waals surface area (Å²) in [7, 11) is 4.09. The summed E-state index contributed by atoms with van der Waals surface area (Å²) >= 11 is 3.46. The van der Waals surface area contributed by atoms with Gasteiger partial charge in [0.2, 0.25) is 0 Å². The van der Waals surface area contributed by atoms with Gasteiger partial charge in [-0.05, 0) is 84.6 Å². The molecular weight excluding hydrogens is 605 g/mol. The summed E-state index contributed by atoms with van der Waals surface area (Å²) in [6, 6.07) is 33.5. The Bertz CT molecular complexity index is 2090. The molecule has 0 unspecified atom stereocenters. The quantitative estimate of drug-likeness (QED) is 0.162. The van der Waals surface area contributed by atoms with Crippen LogP contribution in [0.25, 0.3) is 44.1 Å². The second-order valence-corrected chi connectivity index (χ2v) is 14.0. The standard InChI is InChI=1S/C40H36N2O2S2/c1-25-19-27(39(43)33(21-25)29-9-7-11-35-31(29)15-17-41(35)3)23-45-37-13-5-6-14-38(37)46-24-28-20-26(2)22-34(40(28)44)30-10-8-12-36-32(30)16-18-42(36)4/h5-22,43-44H,23-24H2,1-4H3. The second kappa shape index (κ2) is 12.3. The molecule has 0 bridgehead atoms. The minimum atomic E-state index is 0.338. The molecule has 7 rings (SSSR count). The lowest BCUT2D eigenvalue weighted by Gasteiger charge is -2.15. The van der Waals surface area contributed by atoms with E-state index in [2.05, 4.69) is 132 Å². The molecule has 46 heavy (non-hydrogen) atoms. The van der Waals surface area contributed by atoms with Crippen LogP contribution in [0.1, 0.15) is 22.3 Å². The molecule has 0 fully saturated rings. The summed E-state index contributed by atoms with van der Waals surface area (Å²) in [5.41, 5.74) is 10.2. The Labute approximate surface area is 278 Å². The van der Waals surface area contributed by atoms with Gasteiger partial charge in [0.05, 0.1) is 0 Å². The van der Waals surface area contributed by atoms with Crippen LogP contribution >= 0.6 is 23.5 Å². The highest BCUT2D eigenvalue weighted by Crippen LogP contribution is 2.43. The zero-order valence-electron chi connectivity index (χ0n) is 26.4. The van der Waals surface area contributed by atoms with E-state index in [-0.39, 0.29) is 0 Å². The molecule has 2 heterocycles. The Kier molecular flexibility index (Phi) is 8.09. The van der Waals surface area contributed by atoms with Crippen molar-refractivity contribution >= 4 is 45.3 Å². The Morgan fingerprint density at radius 2 is 0.957 bits per heavy atom. The average Bonchev–Trinajstić information content (AvgIpc) is 3.64. The number of hydrogen-bond donors (Lipinski definition) is 2. The molecule has 0 atom stereocenters. The highest BCUT2D eigenvalue weighted by atomic mass is 32.2. The van der Waals surface area contributed by atoms with Crippen LogP contribution in [-0.2, 0) is 25.6 Å². The van der Waals surface area contributed by atoms with Crippen LogP contribution in [0.3, 0.4) is 0 Å². The lowest BCUT2D eigenvalue weighted by atomic mass is 9.96. The zero-order valence-corrected chi connectivity index (χ0v) is 28.0. The molecule has 0 radical (unpaired) electrons. The average molecular weight is 641 g/mol. The maximum Gasteiger partial charge on any atom is 0.127 e. The highest BCUT2D eigenvalue weighted by molar-refractivity contribution is 8.01. The Morgan fingerprint density at radius 1 is 0.522 bits per heavy atom. The highest BCUT2D eigenvalue weighted by Gasteiger charge is 2.17. The zero-order chi connectivity index (χ0) is 31.9. The van der Waals surface area contributed by atoms with Gasteiger partial charge in [0.25, 0.3) is 0 Å². The molecule has 6 heteroatoms. The number of thioether (sulfide) groups is 2. The lowest BCUT2D eigenvalue weighted by molar-refractivity contribution is 0.472. The number of benzene rings is 5. The molecule has 0 aliphatic rings. The van der Waals surface area contributed by atoms with Crippen molar-refractivity contribution in [1.29, 1.82) is 0 Å². The van der Waals surface area contributed by atoms with Crippen molar-refractivity contribution in [2.45, 2.75) is 35.1 Å². The van der Waals surface area contributed by atoms with E-state index in [0.717, 1.165) is 76.1 Å². The molecule has 0 spiro atoms. The molecule has 4 nitrogen and oxygen atoms in total. The van der Waals surface area contributed by atoms with Crippen LogP contribution in [0.5, 0.6) is 11.5 Å². The predicted octanol–water partition coefficient (Wildman–Crippen LogP) is 10.6. The van der Waals surface area contributed by atoms with Crippen LogP contribution in [0.2, 0.25) is 0 Å². The summed E-state index contributed by atoms with van der Waals surface area (Å²) < 4.78 is 4.22. The number of phenolic OH excluding ortho intramolecular Hbond substituents is 2. The molecule has 0 aliphatic carbocycles. The molecule has 5 aromatic carbocycles. The number of aromatic hydroxyl groups is 2. The van der Waals surface area contributed by atoms with Crippen LogP contribution in [-0.4, -0.2) is 19.3 Å².